The third-order valence-electron chi connectivity index (χ3n) is 4.01. The molecule has 1 aromatic rings. The molecule has 0 unspecified atom stereocenters. The maximum atomic E-state index is 12.6. The normalized spacial score (nSPS) is 20.8. The number of hydrogen-bond donors (Lipinski definition) is 2. The molecule has 21 heavy (non-hydrogen) atoms. The maximum absolute atomic E-state index is 12.6. The third kappa shape index (κ3) is 3.12. The number of aromatic nitrogens is 1. The van der Waals surface area contributed by atoms with Crippen LogP contribution in [0.25, 0.3) is 0 Å². The number of amides is 1. The molecule has 1 amide bonds. The van der Waals surface area contributed by atoms with Gasteiger partial charge < -0.3 is 25.8 Å². The van der Waals surface area contributed by atoms with Crippen LogP contribution in [-0.2, 0) is 0 Å². The summed E-state index contributed by atoms with van der Waals surface area (Å²) in [4.78, 5) is 23.9. The number of nitrogens with one attached hydrogen (secondary N) is 1. The lowest BCUT2D eigenvalue weighted by Gasteiger charge is -2.32. The quantitative estimate of drug-likeness (QED) is 0.768. The maximum Gasteiger partial charge on any atom is 0.267 e. The van der Waals surface area contributed by atoms with Crippen LogP contribution in [0.2, 0.25) is 0 Å². The van der Waals surface area contributed by atoms with Crippen molar-refractivity contribution in [2.45, 2.75) is 0 Å². The summed E-state index contributed by atoms with van der Waals surface area (Å²) in [6, 6.07) is 0. The molecule has 8 heteroatoms. The Morgan fingerprint density at radius 2 is 1.86 bits per heavy atom. The number of nitrogen functional groups attached to an aromatic ring is 1. The Balaban J connectivity index is 1.72. The van der Waals surface area contributed by atoms with Crippen LogP contribution >= 0.6 is 11.3 Å². The molecule has 116 valence electrons. The largest absolute Gasteiger partial charge is 0.382 e. The van der Waals surface area contributed by atoms with Crippen LogP contribution in [0.15, 0.2) is 0 Å². The molecule has 1 aromatic heterocycles. The predicted octanol–water partition coefficient (Wildman–Crippen LogP) is -0.477. The first-order chi connectivity index (χ1) is 10.1. The van der Waals surface area contributed by atoms with Gasteiger partial charge in [-0.1, -0.05) is 11.3 Å². The Morgan fingerprint density at radius 1 is 1.19 bits per heavy atom. The minimum atomic E-state index is 0.0273. The van der Waals surface area contributed by atoms with E-state index in [1.807, 2.05) is 4.90 Å². The van der Waals surface area contributed by atoms with Gasteiger partial charge in [0.25, 0.3) is 5.91 Å². The summed E-state index contributed by atoms with van der Waals surface area (Å²) in [5, 5.41) is 4.18. The van der Waals surface area contributed by atoms with Gasteiger partial charge in [0.15, 0.2) is 5.13 Å². The topological polar surface area (TPSA) is 77.7 Å². The summed E-state index contributed by atoms with van der Waals surface area (Å²) >= 11 is 1.43. The zero-order valence-electron chi connectivity index (χ0n) is 12.3. The summed E-state index contributed by atoms with van der Waals surface area (Å²) < 4.78 is 0. The second-order valence-corrected chi connectivity index (χ2v) is 6.52. The molecule has 2 fully saturated rings. The summed E-state index contributed by atoms with van der Waals surface area (Å²) in [7, 11) is 2.07. The highest BCUT2D eigenvalue weighted by atomic mass is 32.1. The van der Waals surface area contributed by atoms with Crippen LogP contribution in [0.1, 0.15) is 9.67 Å². The Morgan fingerprint density at radius 3 is 2.52 bits per heavy atom. The molecule has 3 rings (SSSR count). The lowest BCUT2D eigenvalue weighted by molar-refractivity contribution is 0.0670. The molecule has 0 atom stereocenters. The number of anilines is 2. The third-order valence-corrected chi connectivity index (χ3v) is 5.13. The lowest BCUT2D eigenvalue weighted by Crippen LogP contribution is -2.47. The van der Waals surface area contributed by atoms with E-state index in [-0.39, 0.29) is 5.91 Å². The van der Waals surface area contributed by atoms with Gasteiger partial charge in [-0.25, -0.2) is 4.98 Å². The van der Waals surface area contributed by atoms with Crippen molar-refractivity contribution in [2.24, 2.45) is 0 Å². The fraction of sp³-hybridized carbons (Fsp3) is 0.692. The predicted molar refractivity (Wildman–Crippen MR) is 85.0 cm³/mol. The van der Waals surface area contributed by atoms with Crippen LogP contribution in [-0.4, -0.2) is 80.1 Å². The molecule has 3 heterocycles. The number of thiazole rings is 1. The smallest absolute Gasteiger partial charge is 0.267 e. The van der Waals surface area contributed by atoms with Gasteiger partial charge >= 0.3 is 0 Å². The molecule has 0 spiro atoms. The Kier molecular flexibility index (Phi) is 4.27. The number of piperazine rings is 2. The van der Waals surface area contributed by atoms with E-state index in [9.17, 15) is 4.79 Å². The van der Waals surface area contributed by atoms with Gasteiger partial charge in [-0.2, -0.15) is 0 Å². The average molecular weight is 310 g/mol. The number of rotatable bonds is 2. The van der Waals surface area contributed by atoms with Crippen LogP contribution in [0.3, 0.4) is 0 Å². The van der Waals surface area contributed by atoms with Crippen molar-refractivity contribution in [2.75, 3.05) is 70.0 Å². The molecular weight excluding hydrogens is 288 g/mol. The van der Waals surface area contributed by atoms with Crippen molar-refractivity contribution in [3.05, 3.63) is 4.88 Å². The summed E-state index contributed by atoms with van der Waals surface area (Å²) in [6.07, 6.45) is 0. The molecule has 0 radical (unpaired) electrons. The fourth-order valence-corrected chi connectivity index (χ4v) is 3.62. The minimum absolute atomic E-state index is 0.0273. The number of nitrogens with two attached hydrogens (primary N) is 1. The number of hydrogen-bond acceptors (Lipinski definition) is 7. The van der Waals surface area contributed by atoms with E-state index in [0.717, 1.165) is 57.5 Å². The second-order valence-electron chi connectivity index (χ2n) is 5.54. The van der Waals surface area contributed by atoms with Crippen molar-refractivity contribution >= 4 is 28.2 Å². The standard InChI is InChI=1S/C13H22N6OS/c1-17-6-8-18(9-7-17)12(20)10-11(14)16-13(21-10)19-4-2-15-3-5-19/h15H,2-9,14H2,1H3. The molecule has 3 N–H and O–H groups in total. The van der Waals surface area contributed by atoms with Gasteiger partial charge in [-0.05, 0) is 7.05 Å². The number of likely N-dealkylation sites (N-methyl/N-ethyl adjacent to an activating group) is 1. The van der Waals surface area contributed by atoms with Gasteiger partial charge in [0.05, 0.1) is 0 Å². The first-order valence-electron chi connectivity index (χ1n) is 7.35. The first-order valence-corrected chi connectivity index (χ1v) is 8.16. The van der Waals surface area contributed by atoms with Gasteiger partial charge in [0.1, 0.15) is 10.7 Å². The molecular formula is C13H22N6OS. The zero-order valence-corrected chi connectivity index (χ0v) is 13.2. The molecule has 0 saturated carbocycles. The minimum Gasteiger partial charge on any atom is -0.382 e. The molecule has 2 aliphatic heterocycles. The van der Waals surface area contributed by atoms with Gasteiger partial charge in [-0.15, -0.1) is 0 Å². The number of carbonyl (C=O) groups excluding carboxylic acids is 1. The Labute approximate surface area is 128 Å². The summed E-state index contributed by atoms with van der Waals surface area (Å²) in [5.74, 6) is 0.400. The highest BCUT2D eigenvalue weighted by Gasteiger charge is 2.26. The number of nitrogens with zero attached hydrogens (tertiary/aromatic N) is 4. The molecule has 2 saturated heterocycles. The van der Waals surface area contributed by atoms with E-state index in [1.54, 1.807) is 0 Å². The number of carbonyl (C=O) groups is 1. The van der Waals surface area contributed by atoms with E-state index in [0.29, 0.717) is 10.7 Å². The van der Waals surface area contributed by atoms with Gasteiger partial charge in [-0.3, -0.25) is 4.79 Å². The fourth-order valence-electron chi connectivity index (χ4n) is 2.62. The van der Waals surface area contributed by atoms with Crippen molar-refractivity contribution in [1.82, 2.24) is 20.1 Å². The van der Waals surface area contributed by atoms with Crippen molar-refractivity contribution in [3.8, 4) is 0 Å². The van der Waals surface area contributed by atoms with E-state index < -0.39 is 0 Å². The van der Waals surface area contributed by atoms with E-state index >= 15 is 0 Å². The zero-order chi connectivity index (χ0) is 14.8. The van der Waals surface area contributed by atoms with Crippen LogP contribution < -0.4 is 16.0 Å². The highest BCUT2D eigenvalue weighted by Crippen LogP contribution is 2.29. The Bertz CT molecular complexity index is 505. The molecule has 2 aliphatic rings. The molecule has 0 bridgehead atoms. The van der Waals surface area contributed by atoms with Gasteiger partial charge in [0, 0.05) is 52.4 Å². The molecule has 7 nitrogen and oxygen atoms in total. The first kappa shape index (κ1) is 14.6. The van der Waals surface area contributed by atoms with Crippen molar-refractivity contribution < 1.29 is 4.79 Å². The summed E-state index contributed by atoms with van der Waals surface area (Å²) in [5.41, 5.74) is 5.98. The van der Waals surface area contributed by atoms with Crippen LogP contribution in [0.4, 0.5) is 10.9 Å². The lowest BCUT2D eigenvalue weighted by atomic mass is 10.3. The van der Waals surface area contributed by atoms with Crippen LogP contribution in [0, 0.1) is 0 Å². The van der Waals surface area contributed by atoms with Crippen molar-refractivity contribution in [3.63, 3.8) is 0 Å². The van der Waals surface area contributed by atoms with E-state index in [1.165, 1.54) is 11.3 Å². The molecule has 0 aliphatic carbocycles. The van der Waals surface area contributed by atoms with E-state index in [4.69, 9.17) is 5.73 Å². The van der Waals surface area contributed by atoms with E-state index in [2.05, 4.69) is 27.1 Å². The van der Waals surface area contributed by atoms with Gasteiger partial charge in [0.2, 0.25) is 0 Å². The SMILES string of the molecule is CN1CCN(C(=O)c2sc(N3CCNCC3)nc2N)CC1. The Hall–Kier alpha value is -1.38. The highest BCUT2D eigenvalue weighted by molar-refractivity contribution is 7.18. The summed E-state index contributed by atoms with van der Waals surface area (Å²) in [6.45, 7) is 7.06. The second kappa shape index (κ2) is 6.17. The molecule has 0 aromatic carbocycles. The monoisotopic (exact) mass is 310 g/mol. The van der Waals surface area contributed by atoms with Crippen LogP contribution in [0.5, 0.6) is 0 Å². The average Bonchev–Trinajstić information content (AvgIpc) is 2.90. The van der Waals surface area contributed by atoms with Crippen molar-refractivity contribution in [1.29, 1.82) is 0 Å².